The van der Waals surface area contributed by atoms with E-state index >= 15 is 0 Å². The van der Waals surface area contributed by atoms with E-state index in [0.717, 1.165) is 0 Å². The minimum absolute atomic E-state index is 0.189. The zero-order valence-corrected chi connectivity index (χ0v) is 10.2. The van der Waals surface area contributed by atoms with E-state index in [4.69, 9.17) is 4.74 Å². The van der Waals surface area contributed by atoms with Gasteiger partial charge in [-0.05, 0) is 27.2 Å². The molecule has 0 aliphatic carbocycles. The van der Waals surface area contributed by atoms with Crippen LogP contribution in [-0.4, -0.2) is 35.9 Å². The summed E-state index contributed by atoms with van der Waals surface area (Å²) in [5, 5.41) is 9.64. The van der Waals surface area contributed by atoms with Gasteiger partial charge in [0.1, 0.15) is 7.85 Å². The molecule has 0 spiro atoms. The summed E-state index contributed by atoms with van der Waals surface area (Å²) < 4.78 is 5.63. The molecule has 78 valence electrons. The monoisotopic (exact) mass is 204 g/mol. The molecule has 13 heavy (non-hydrogen) atoms. The van der Waals surface area contributed by atoms with Crippen LogP contribution in [0.15, 0.2) is 0 Å². The van der Waals surface area contributed by atoms with E-state index in [1.165, 1.54) is 0 Å². The molecular weight excluding hydrogens is 183 g/mol. The van der Waals surface area contributed by atoms with Crippen LogP contribution in [0.5, 0.6) is 0 Å². The summed E-state index contributed by atoms with van der Waals surface area (Å²) in [6, 6.07) is 0. The third-order valence-electron chi connectivity index (χ3n) is 2.19. The molecule has 0 heterocycles. The van der Waals surface area contributed by atoms with Gasteiger partial charge in [-0.3, -0.25) is 0 Å². The van der Waals surface area contributed by atoms with Gasteiger partial charge >= 0.3 is 0 Å². The number of thiol groups is 1. The maximum atomic E-state index is 9.45. The Labute approximate surface area is 87.9 Å². The highest BCUT2D eigenvalue weighted by Gasteiger charge is 2.24. The van der Waals surface area contributed by atoms with Crippen LogP contribution in [0.3, 0.4) is 0 Å². The van der Waals surface area contributed by atoms with Gasteiger partial charge in [-0.1, -0.05) is 6.92 Å². The zero-order valence-electron chi connectivity index (χ0n) is 9.29. The second-order valence-electron chi connectivity index (χ2n) is 4.69. The first-order chi connectivity index (χ1) is 5.65. The van der Waals surface area contributed by atoms with E-state index in [2.05, 4.69) is 12.6 Å². The SMILES string of the molecule is BC(C)(O)CCOC(C)(C)C(C)S. The Morgan fingerprint density at radius 1 is 1.46 bits per heavy atom. The van der Waals surface area contributed by atoms with Crippen molar-refractivity contribution in [3.05, 3.63) is 0 Å². The molecule has 0 saturated heterocycles. The fourth-order valence-electron chi connectivity index (χ4n) is 0.684. The Bertz CT molecular complexity index is 152. The van der Waals surface area contributed by atoms with Crippen LogP contribution in [0.25, 0.3) is 0 Å². The van der Waals surface area contributed by atoms with E-state index in [9.17, 15) is 5.11 Å². The molecule has 0 amide bonds. The topological polar surface area (TPSA) is 29.5 Å². The molecule has 0 fully saturated rings. The van der Waals surface area contributed by atoms with Crippen molar-refractivity contribution in [2.75, 3.05) is 6.61 Å². The quantitative estimate of drug-likeness (QED) is 0.513. The lowest BCUT2D eigenvalue weighted by atomic mass is 9.81. The first kappa shape index (κ1) is 13.3. The summed E-state index contributed by atoms with van der Waals surface area (Å²) in [4.78, 5) is 0. The predicted octanol–water partition coefficient (Wildman–Crippen LogP) is 0.832. The van der Waals surface area contributed by atoms with Gasteiger partial charge in [0.05, 0.1) is 5.60 Å². The summed E-state index contributed by atoms with van der Waals surface area (Å²) in [5.74, 6) is 0. The fraction of sp³-hybridized carbons (Fsp3) is 1.00. The highest BCUT2D eigenvalue weighted by Crippen LogP contribution is 2.20. The molecular formula is C9H21BO2S. The van der Waals surface area contributed by atoms with Crippen molar-refractivity contribution in [3.8, 4) is 0 Å². The van der Waals surface area contributed by atoms with Gasteiger partial charge in [-0.15, -0.1) is 0 Å². The van der Waals surface area contributed by atoms with E-state index < -0.39 is 5.50 Å². The van der Waals surface area contributed by atoms with Crippen molar-refractivity contribution >= 4 is 20.5 Å². The Morgan fingerprint density at radius 2 is 1.92 bits per heavy atom. The molecule has 0 aromatic carbocycles. The average molecular weight is 204 g/mol. The van der Waals surface area contributed by atoms with E-state index in [-0.39, 0.29) is 10.9 Å². The van der Waals surface area contributed by atoms with Crippen LogP contribution >= 0.6 is 12.6 Å². The molecule has 0 aromatic heterocycles. The van der Waals surface area contributed by atoms with Crippen LogP contribution in [-0.2, 0) is 4.74 Å². The number of aliphatic hydroxyl groups is 1. The van der Waals surface area contributed by atoms with Crippen molar-refractivity contribution < 1.29 is 9.84 Å². The van der Waals surface area contributed by atoms with E-state index in [0.29, 0.717) is 13.0 Å². The molecule has 0 radical (unpaired) electrons. The Hall–Kier alpha value is 0.335. The minimum atomic E-state index is -0.643. The maximum Gasteiger partial charge on any atom is 0.142 e. The second kappa shape index (κ2) is 4.71. The average Bonchev–Trinajstić information content (AvgIpc) is 1.82. The Morgan fingerprint density at radius 3 is 2.23 bits per heavy atom. The van der Waals surface area contributed by atoms with E-state index in [1.54, 1.807) is 14.8 Å². The van der Waals surface area contributed by atoms with Gasteiger partial charge in [0.25, 0.3) is 0 Å². The first-order valence-corrected chi connectivity index (χ1v) is 5.21. The highest BCUT2D eigenvalue weighted by atomic mass is 32.1. The van der Waals surface area contributed by atoms with Gasteiger partial charge in [-0.25, -0.2) is 0 Å². The summed E-state index contributed by atoms with van der Waals surface area (Å²) in [7, 11) is 1.79. The van der Waals surface area contributed by atoms with Gasteiger partial charge in [0, 0.05) is 17.4 Å². The van der Waals surface area contributed by atoms with Crippen molar-refractivity contribution in [3.63, 3.8) is 0 Å². The van der Waals surface area contributed by atoms with Crippen LogP contribution in [0.2, 0.25) is 0 Å². The van der Waals surface area contributed by atoms with E-state index in [1.807, 2.05) is 20.8 Å². The maximum absolute atomic E-state index is 9.45. The lowest BCUT2D eigenvalue weighted by molar-refractivity contribution is -0.0325. The van der Waals surface area contributed by atoms with Gasteiger partial charge in [0.2, 0.25) is 0 Å². The van der Waals surface area contributed by atoms with Crippen LogP contribution in [0, 0.1) is 0 Å². The summed E-state index contributed by atoms with van der Waals surface area (Å²) in [5.41, 5.74) is -0.871. The Balaban J connectivity index is 3.77. The number of rotatable bonds is 5. The van der Waals surface area contributed by atoms with Crippen molar-refractivity contribution in [2.45, 2.75) is 50.5 Å². The van der Waals surface area contributed by atoms with Gasteiger partial charge in [-0.2, -0.15) is 12.6 Å². The van der Waals surface area contributed by atoms with Crippen LogP contribution in [0.4, 0.5) is 0 Å². The third-order valence-corrected chi connectivity index (χ3v) is 2.82. The molecule has 4 heteroatoms. The van der Waals surface area contributed by atoms with Crippen LogP contribution in [0.1, 0.15) is 34.1 Å². The molecule has 2 unspecified atom stereocenters. The van der Waals surface area contributed by atoms with Crippen LogP contribution < -0.4 is 0 Å². The molecule has 0 rings (SSSR count). The molecule has 2 atom stereocenters. The number of hydrogen-bond donors (Lipinski definition) is 2. The zero-order chi connectivity index (χ0) is 10.7. The predicted molar refractivity (Wildman–Crippen MR) is 62.3 cm³/mol. The van der Waals surface area contributed by atoms with Crippen molar-refractivity contribution in [1.82, 2.24) is 0 Å². The summed E-state index contributed by atoms with van der Waals surface area (Å²) in [6.45, 7) is 8.38. The minimum Gasteiger partial charge on any atom is -0.399 e. The molecule has 1 N–H and O–H groups in total. The molecule has 0 aliphatic heterocycles. The number of ether oxygens (including phenoxy) is 1. The second-order valence-corrected chi connectivity index (χ2v) is 5.46. The standard InChI is InChI=1S/C9H21BO2S/c1-7(13)8(2,3)12-6-5-9(4,10)11/h7,11,13H,5-6,10H2,1-4H3. The smallest absolute Gasteiger partial charge is 0.142 e. The molecule has 0 saturated carbocycles. The first-order valence-electron chi connectivity index (χ1n) is 4.69. The third kappa shape index (κ3) is 6.41. The highest BCUT2D eigenvalue weighted by molar-refractivity contribution is 7.81. The lowest BCUT2D eigenvalue weighted by Crippen LogP contribution is -2.36. The lowest BCUT2D eigenvalue weighted by Gasteiger charge is -2.30. The summed E-state index contributed by atoms with van der Waals surface area (Å²) in [6.07, 6.45) is 0.650. The van der Waals surface area contributed by atoms with Crippen molar-refractivity contribution in [1.29, 1.82) is 0 Å². The number of hydrogen-bond acceptors (Lipinski definition) is 3. The summed E-state index contributed by atoms with van der Waals surface area (Å²) >= 11 is 4.34. The molecule has 0 aliphatic rings. The Kier molecular flexibility index (Phi) is 4.84. The largest absolute Gasteiger partial charge is 0.399 e. The van der Waals surface area contributed by atoms with Crippen molar-refractivity contribution in [2.24, 2.45) is 0 Å². The fourth-order valence-corrected chi connectivity index (χ4v) is 0.759. The van der Waals surface area contributed by atoms with Gasteiger partial charge in [0.15, 0.2) is 0 Å². The van der Waals surface area contributed by atoms with Gasteiger partial charge < -0.3 is 9.84 Å². The molecule has 2 nitrogen and oxygen atoms in total. The molecule has 0 bridgehead atoms. The normalized spacial score (nSPS) is 19.5. The molecule has 0 aromatic rings.